The van der Waals surface area contributed by atoms with Crippen LogP contribution in [0.25, 0.3) is 0 Å². The van der Waals surface area contributed by atoms with E-state index in [-0.39, 0.29) is 24.3 Å². The van der Waals surface area contributed by atoms with Crippen molar-refractivity contribution in [3.8, 4) is 0 Å². The van der Waals surface area contributed by atoms with Crippen LogP contribution in [-0.2, 0) is 4.79 Å². The maximum absolute atomic E-state index is 12.8. The molecule has 5 heteroatoms. The summed E-state index contributed by atoms with van der Waals surface area (Å²) in [4.78, 5) is 15.5. The van der Waals surface area contributed by atoms with E-state index in [4.69, 9.17) is 0 Å². The molecule has 1 amide bonds. The number of halogens is 1. The van der Waals surface area contributed by atoms with Crippen molar-refractivity contribution in [1.29, 1.82) is 0 Å². The van der Waals surface area contributed by atoms with Crippen LogP contribution in [0.2, 0.25) is 0 Å². The van der Waals surface area contributed by atoms with E-state index in [9.17, 15) is 9.18 Å². The van der Waals surface area contributed by atoms with Gasteiger partial charge < -0.3 is 10.6 Å². The molecule has 1 unspecified atom stereocenters. The lowest BCUT2D eigenvalue weighted by Crippen LogP contribution is -2.36. The molecule has 0 spiro atoms. The Labute approximate surface area is 107 Å². The first kappa shape index (κ1) is 14.6. The summed E-state index contributed by atoms with van der Waals surface area (Å²) in [7, 11) is 0. The fourth-order valence-corrected chi connectivity index (χ4v) is 1.59. The van der Waals surface area contributed by atoms with E-state index in [1.54, 1.807) is 6.07 Å². The molecule has 0 aliphatic heterocycles. The molecule has 18 heavy (non-hydrogen) atoms. The second-order valence-corrected chi connectivity index (χ2v) is 4.09. The van der Waals surface area contributed by atoms with Crippen LogP contribution in [0.3, 0.4) is 0 Å². The van der Waals surface area contributed by atoms with Crippen molar-refractivity contribution >= 4 is 5.91 Å². The highest BCUT2D eigenvalue weighted by Gasteiger charge is 2.11. The number of hydrogen-bond acceptors (Lipinski definition) is 3. The molecule has 1 heterocycles. The molecule has 0 saturated carbocycles. The lowest BCUT2D eigenvalue weighted by Gasteiger charge is -2.16. The summed E-state index contributed by atoms with van der Waals surface area (Å²) >= 11 is 0. The minimum absolute atomic E-state index is 0.0297. The van der Waals surface area contributed by atoms with Gasteiger partial charge in [-0.3, -0.25) is 9.78 Å². The molecule has 0 aliphatic rings. The molecule has 0 radical (unpaired) electrons. The van der Waals surface area contributed by atoms with E-state index in [0.29, 0.717) is 6.54 Å². The van der Waals surface area contributed by atoms with Crippen molar-refractivity contribution in [3.63, 3.8) is 0 Å². The monoisotopic (exact) mass is 253 g/mol. The maximum atomic E-state index is 12.8. The second-order valence-electron chi connectivity index (χ2n) is 4.09. The van der Waals surface area contributed by atoms with Crippen LogP contribution in [0.5, 0.6) is 0 Å². The Bertz CT molecular complexity index is 367. The maximum Gasteiger partial charge on any atom is 0.233 e. The van der Waals surface area contributed by atoms with Crippen molar-refractivity contribution < 1.29 is 9.18 Å². The van der Waals surface area contributed by atoms with Gasteiger partial charge >= 0.3 is 0 Å². The predicted octanol–water partition coefficient (Wildman–Crippen LogP) is 1.79. The second kappa shape index (κ2) is 7.76. The number of amides is 1. The van der Waals surface area contributed by atoms with Crippen molar-refractivity contribution in [1.82, 2.24) is 15.6 Å². The molecule has 2 N–H and O–H groups in total. The van der Waals surface area contributed by atoms with Gasteiger partial charge in [-0.1, -0.05) is 13.8 Å². The molecule has 1 aromatic heterocycles. The number of nitrogens with zero attached hydrogens (tertiary/aromatic N) is 1. The van der Waals surface area contributed by atoms with Gasteiger partial charge in [0.15, 0.2) is 0 Å². The Balaban J connectivity index is 2.47. The lowest BCUT2D eigenvalue weighted by atomic mass is 10.1. The fraction of sp³-hybridized carbons (Fsp3) is 0.538. The van der Waals surface area contributed by atoms with Crippen LogP contribution < -0.4 is 10.6 Å². The number of nitrogens with one attached hydrogen (secondary N) is 2. The molecule has 0 bridgehead atoms. The molecule has 1 rings (SSSR count). The highest BCUT2D eigenvalue weighted by Crippen LogP contribution is 2.13. The summed E-state index contributed by atoms with van der Waals surface area (Å²) in [6.07, 6.45) is 2.90. The molecular formula is C13H20FN3O. The van der Waals surface area contributed by atoms with Crippen molar-refractivity contribution in [2.24, 2.45) is 0 Å². The van der Waals surface area contributed by atoms with E-state index >= 15 is 0 Å². The Hall–Kier alpha value is -1.49. The Kier molecular flexibility index (Phi) is 6.28. The normalized spacial score (nSPS) is 12.2. The molecule has 0 aromatic carbocycles. The number of carbonyl (C=O) groups excluding carboxylic acids is 1. The summed E-state index contributed by atoms with van der Waals surface area (Å²) < 4.78 is 12.8. The number of carbonyl (C=O) groups is 1. The summed E-state index contributed by atoms with van der Waals surface area (Å²) in [6, 6.07) is 2.99. The topological polar surface area (TPSA) is 54.0 Å². The SMILES string of the molecule is CCCNC(=O)CNC(CC)c1ccc(F)cn1. The van der Waals surface area contributed by atoms with Gasteiger partial charge in [-0.25, -0.2) is 4.39 Å². The first-order valence-electron chi connectivity index (χ1n) is 6.28. The van der Waals surface area contributed by atoms with Crippen molar-refractivity contribution in [2.75, 3.05) is 13.1 Å². The largest absolute Gasteiger partial charge is 0.355 e. The van der Waals surface area contributed by atoms with Gasteiger partial charge in [0, 0.05) is 12.6 Å². The van der Waals surface area contributed by atoms with Gasteiger partial charge in [0.2, 0.25) is 5.91 Å². The average Bonchev–Trinajstić information content (AvgIpc) is 2.39. The zero-order valence-corrected chi connectivity index (χ0v) is 10.9. The third-order valence-electron chi connectivity index (χ3n) is 2.60. The van der Waals surface area contributed by atoms with Crippen molar-refractivity contribution in [2.45, 2.75) is 32.7 Å². The Morgan fingerprint density at radius 3 is 2.78 bits per heavy atom. The standard InChI is InChI=1S/C13H20FN3O/c1-3-7-15-13(18)9-17-11(4-2)12-6-5-10(14)8-16-12/h5-6,8,11,17H,3-4,7,9H2,1-2H3,(H,15,18). The molecule has 0 aliphatic carbocycles. The van der Waals surface area contributed by atoms with Crippen molar-refractivity contribution in [3.05, 3.63) is 29.8 Å². The smallest absolute Gasteiger partial charge is 0.233 e. The molecule has 100 valence electrons. The van der Waals surface area contributed by atoms with E-state index in [0.717, 1.165) is 18.5 Å². The van der Waals surface area contributed by atoms with Gasteiger partial charge in [0.25, 0.3) is 0 Å². The van der Waals surface area contributed by atoms with Gasteiger partial charge in [-0.15, -0.1) is 0 Å². The van der Waals surface area contributed by atoms with Gasteiger partial charge in [0.1, 0.15) is 5.82 Å². The number of hydrogen-bond donors (Lipinski definition) is 2. The third-order valence-corrected chi connectivity index (χ3v) is 2.60. The number of pyridine rings is 1. The van der Waals surface area contributed by atoms with Gasteiger partial charge in [-0.2, -0.15) is 0 Å². The number of rotatable bonds is 7. The van der Waals surface area contributed by atoms with Gasteiger partial charge in [0.05, 0.1) is 18.4 Å². The molecule has 4 nitrogen and oxygen atoms in total. The molecule has 1 aromatic rings. The fourth-order valence-electron chi connectivity index (χ4n) is 1.59. The Morgan fingerprint density at radius 2 is 2.22 bits per heavy atom. The van der Waals surface area contributed by atoms with Gasteiger partial charge in [-0.05, 0) is 25.0 Å². The predicted molar refractivity (Wildman–Crippen MR) is 68.5 cm³/mol. The molecular weight excluding hydrogens is 233 g/mol. The summed E-state index contributed by atoms with van der Waals surface area (Å²) in [5.74, 6) is -0.383. The van der Waals surface area contributed by atoms with Crippen LogP contribution in [0, 0.1) is 5.82 Å². The highest BCUT2D eigenvalue weighted by molar-refractivity contribution is 5.77. The van der Waals surface area contributed by atoms with E-state index in [2.05, 4.69) is 15.6 Å². The molecule has 0 fully saturated rings. The van der Waals surface area contributed by atoms with Crippen LogP contribution in [0.15, 0.2) is 18.3 Å². The molecule has 0 saturated heterocycles. The minimum atomic E-state index is -0.353. The minimum Gasteiger partial charge on any atom is -0.355 e. The third kappa shape index (κ3) is 4.79. The number of aromatic nitrogens is 1. The summed E-state index contributed by atoms with van der Waals surface area (Å²) in [5, 5.41) is 5.91. The average molecular weight is 253 g/mol. The summed E-state index contributed by atoms with van der Waals surface area (Å²) in [6.45, 7) is 4.93. The quantitative estimate of drug-likeness (QED) is 0.779. The van der Waals surface area contributed by atoms with E-state index in [1.165, 1.54) is 12.3 Å². The van der Waals surface area contributed by atoms with Crippen LogP contribution in [-0.4, -0.2) is 24.0 Å². The van der Waals surface area contributed by atoms with Crippen LogP contribution >= 0.6 is 0 Å². The summed E-state index contributed by atoms with van der Waals surface area (Å²) in [5.41, 5.74) is 0.752. The van der Waals surface area contributed by atoms with Crippen LogP contribution in [0.1, 0.15) is 38.4 Å². The first-order valence-corrected chi connectivity index (χ1v) is 6.28. The Morgan fingerprint density at radius 1 is 1.44 bits per heavy atom. The molecule has 1 atom stereocenters. The van der Waals surface area contributed by atoms with E-state index < -0.39 is 0 Å². The highest BCUT2D eigenvalue weighted by atomic mass is 19.1. The first-order chi connectivity index (χ1) is 8.67. The zero-order valence-electron chi connectivity index (χ0n) is 10.9. The zero-order chi connectivity index (χ0) is 13.4. The van der Waals surface area contributed by atoms with E-state index in [1.807, 2.05) is 13.8 Å². The van der Waals surface area contributed by atoms with Crippen LogP contribution in [0.4, 0.5) is 4.39 Å². The lowest BCUT2D eigenvalue weighted by molar-refractivity contribution is -0.120.